The Hall–Kier alpha value is -2.14. The van der Waals surface area contributed by atoms with Gasteiger partial charge in [0.25, 0.3) is 0 Å². The monoisotopic (exact) mass is 285 g/mol. The first-order valence-corrected chi connectivity index (χ1v) is 7.23. The van der Waals surface area contributed by atoms with Crippen LogP contribution < -0.4 is 16.6 Å². The van der Waals surface area contributed by atoms with Crippen LogP contribution in [0.15, 0.2) is 24.3 Å². The molecule has 4 N–H and O–H groups in total. The lowest BCUT2D eigenvalue weighted by atomic mass is 10.0. The summed E-state index contributed by atoms with van der Waals surface area (Å²) in [4.78, 5) is 8.96. The second-order valence-corrected chi connectivity index (χ2v) is 5.18. The molecule has 2 rings (SSSR count). The van der Waals surface area contributed by atoms with Crippen LogP contribution in [0.2, 0.25) is 0 Å². The van der Waals surface area contributed by atoms with Gasteiger partial charge in [-0.1, -0.05) is 31.2 Å². The lowest BCUT2D eigenvalue weighted by molar-refractivity contribution is 0.844. The molecule has 0 saturated heterocycles. The maximum Gasteiger partial charge on any atom is 0.148 e. The van der Waals surface area contributed by atoms with Crippen molar-refractivity contribution >= 4 is 11.6 Å². The molecule has 0 fully saturated rings. The van der Waals surface area contributed by atoms with E-state index in [-0.39, 0.29) is 6.04 Å². The molecule has 21 heavy (non-hydrogen) atoms. The summed E-state index contributed by atoms with van der Waals surface area (Å²) in [6, 6.07) is 8.51. The predicted octanol–water partition coefficient (Wildman–Crippen LogP) is 3.11. The molecule has 1 aromatic heterocycles. The molecule has 5 heteroatoms. The summed E-state index contributed by atoms with van der Waals surface area (Å²) in [6.45, 7) is 8.23. The summed E-state index contributed by atoms with van der Waals surface area (Å²) < 4.78 is 0. The molecule has 2 aromatic rings. The third kappa shape index (κ3) is 3.31. The van der Waals surface area contributed by atoms with Crippen LogP contribution in [-0.2, 0) is 6.42 Å². The van der Waals surface area contributed by atoms with Crippen LogP contribution in [-0.4, -0.2) is 9.97 Å². The van der Waals surface area contributed by atoms with E-state index >= 15 is 0 Å². The lowest BCUT2D eigenvalue weighted by Crippen LogP contribution is -2.16. The van der Waals surface area contributed by atoms with Crippen LogP contribution >= 0.6 is 0 Å². The summed E-state index contributed by atoms with van der Waals surface area (Å²) >= 11 is 0. The van der Waals surface area contributed by atoms with Gasteiger partial charge in [-0.2, -0.15) is 0 Å². The molecule has 0 aliphatic carbocycles. The Morgan fingerprint density at radius 3 is 2.43 bits per heavy atom. The number of hydrazine groups is 1. The molecule has 0 aliphatic rings. The van der Waals surface area contributed by atoms with Crippen LogP contribution in [0.3, 0.4) is 0 Å². The fourth-order valence-corrected chi connectivity index (χ4v) is 2.36. The van der Waals surface area contributed by atoms with Gasteiger partial charge in [-0.3, -0.25) is 0 Å². The number of nitrogens with zero attached hydrogens (tertiary/aromatic N) is 2. The molecule has 5 nitrogen and oxygen atoms in total. The van der Waals surface area contributed by atoms with Gasteiger partial charge in [0.2, 0.25) is 0 Å². The van der Waals surface area contributed by atoms with Crippen LogP contribution in [0.4, 0.5) is 11.6 Å². The zero-order valence-corrected chi connectivity index (χ0v) is 13.1. The van der Waals surface area contributed by atoms with E-state index < -0.39 is 0 Å². The van der Waals surface area contributed by atoms with E-state index in [1.165, 1.54) is 11.1 Å². The van der Waals surface area contributed by atoms with Crippen molar-refractivity contribution in [3.8, 4) is 0 Å². The lowest BCUT2D eigenvalue weighted by Gasteiger charge is -2.20. The van der Waals surface area contributed by atoms with Gasteiger partial charge in [0.15, 0.2) is 0 Å². The van der Waals surface area contributed by atoms with E-state index in [0.29, 0.717) is 5.82 Å². The van der Waals surface area contributed by atoms with Crippen molar-refractivity contribution in [3.63, 3.8) is 0 Å². The third-order valence-corrected chi connectivity index (χ3v) is 3.65. The number of nitrogens with two attached hydrogens (primary N) is 1. The van der Waals surface area contributed by atoms with Crippen molar-refractivity contribution in [3.05, 3.63) is 46.8 Å². The Balaban J connectivity index is 2.33. The van der Waals surface area contributed by atoms with Gasteiger partial charge >= 0.3 is 0 Å². The summed E-state index contributed by atoms with van der Waals surface area (Å²) in [6.07, 6.45) is 0.766. The van der Waals surface area contributed by atoms with Crippen LogP contribution in [0.5, 0.6) is 0 Å². The molecular weight excluding hydrogens is 262 g/mol. The quantitative estimate of drug-likeness (QED) is 0.581. The molecule has 112 valence electrons. The fourth-order valence-electron chi connectivity index (χ4n) is 2.36. The first kappa shape index (κ1) is 15.3. The highest BCUT2D eigenvalue weighted by Crippen LogP contribution is 2.25. The highest BCUT2D eigenvalue weighted by molar-refractivity contribution is 5.57. The average molecular weight is 285 g/mol. The number of benzene rings is 1. The topological polar surface area (TPSA) is 75.9 Å². The molecule has 1 heterocycles. The van der Waals surface area contributed by atoms with Crippen LogP contribution in [0.1, 0.15) is 42.4 Å². The predicted molar refractivity (Wildman–Crippen MR) is 87.2 cm³/mol. The molecule has 0 bridgehead atoms. The van der Waals surface area contributed by atoms with Crippen LogP contribution in [0.25, 0.3) is 0 Å². The Labute approximate surface area is 126 Å². The Kier molecular flexibility index (Phi) is 4.75. The molecule has 0 spiro atoms. The molecule has 1 atom stereocenters. The molecule has 0 radical (unpaired) electrons. The number of nitrogen functional groups attached to an aromatic ring is 1. The largest absolute Gasteiger partial charge is 0.363 e. The number of anilines is 2. The first-order chi connectivity index (χ1) is 10.1. The third-order valence-electron chi connectivity index (χ3n) is 3.65. The number of hydrogen-bond acceptors (Lipinski definition) is 5. The minimum Gasteiger partial charge on any atom is -0.363 e. The number of rotatable bonds is 5. The molecule has 1 aromatic carbocycles. The highest BCUT2D eigenvalue weighted by atomic mass is 15.3. The Morgan fingerprint density at radius 1 is 1.14 bits per heavy atom. The van der Waals surface area contributed by atoms with Gasteiger partial charge in [-0.15, -0.1) is 0 Å². The van der Waals surface area contributed by atoms with Crippen molar-refractivity contribution in [1.29, 1.82) is 0 Å². The van der Waals surface area contributed by atoms with Crippen molar-refractivity contribution in [1.82, 2.24) is 9.97 Å². The number of aryl methyl sites for hydroxylation is 2. The summed E-state index contributed by atoms with van der Waals surface area (Å²) in [5.41, 5.74) is 6.09. The van der Waals surface area contributed by atoms with Gasteiger partial charge in [-0.25, -0.2) is 15.8 Å². The zero-order valence-electron chi connectivity index (χ0n) is 13.1. The van der Waals surface area contributed by atoms with Crippen molar-refractivity contribution in [2.24, 2.45) is 5.84 Å². The highest BCUT2D eigenvalue weighted by Gasteiger charge is 2.13. The number of nitrogens with one attached hydrogen (secondary N) is 2. The summed E-state index contributed by atoms with van der Waals surface area (Å²) in [5.74, 6) is 7.80. The maximum absolute atomic E-state index is 5.54. The maximum atomic E-state index is 5.54. The molecular formula is C16H23N5. The van der Waals surface area contributed by atoms with E-state index in [1.807, 2.05) is 19.9 Å². The van der Waals surface area contributed by atoms with Gasteiger partial charge in [0.1, 0.15) is 17.5 Å². The van der Waals surface area contributed by atoms with E-state index in [2.05, 4.69) is 52.8 Å². The van der Waals surface area contributed by atoms with Gasteiger partial charge in [-0.05, 0) is 31.9 Å². The Bertz CT molecular complexity index is 624. The van der Waals surface area contributed by atoms with E-state index in [4.69, 9.17) is 5.84 Å². The van der Waals surface area contributed by atoms with Gasteiger partial charge < -0.3 is 10.7 Å². The van der Waals surface area contributed by atoms with Crippen molar-refractivity contribution in [2.45, 2.75) is 40.2 Å². The number of aromatic nitrogens is 2. The smallest absolute Gasteiger partial charge is 0.148 e. The average Bonchev–Trinajstić information content (AvgIpc) is 2.49. The zero-order chi connectivity index (χ0) is 15.4. The molecule has 0 aliphatic heterocycles. The first-order valence-electron chi connectivity index (χ1n) is 7.23. The van der Waals surface area contributed by atoms with Gasteiger partial charge in [0, 0.05) is 12.0 Å². The van der Waals surface area contributed by atoms with Crippen molar-refractivity contribution < 1.29 is 0 Å². The summed E-state index contributed by atoms with van der Waals surface area (Å²) in [5, 5.41) is 3.47. The summed E-state index contributed by atoms with van der Waals surface area (Å²) in [7, 11) is 0. The van der Waals surface area contributed by atoms with Gasteiger partial charge in [0.05, 0.1) is 6.04 Å². The molecule has 1 unspecified atom stereocenters. The second kappa shape index (κ2) is 6.54. The van der Waals surface area contributed by atoms with E-state index in [9.17, 15) is 0 Å². The van der Waals surface area contributed by atoms with Crippen molar-refractivity contribution in [2.75, 3.05) is 10.7 Å². The van der Waals surface area contributed by atoms with E-state index in [1.54, 1.807) is 0 Å². The SMILES string of the molecule is CCc1nc(NN)c(C)c(NC(C)c2ccccc2C)n1. The molecule has 0 saturated carbocycles. The Morgan fingerprint density at radius 2 is 1.81 bits per heavy atom. The fraction of sp³-hybridized carbons (Fsp3) is 0.375. The standard InChI is InChI=1S/C16H23N5/c1-5-14-19-15(11(3)16(20-14)21-17)18-12(4)13-9-7-6-8-10(13)2/h6-9,12H,5,17H2,1-4H3,(H2,18,19,20,21). The normalized spacial score (nSPS) is 12.0. The van der Waals surface area contributed by atoms with Crippen LogP contribution in [0, 0.1) is 13.8 Å². The second-order valence-electron chi connectivity index (χ2n) is 5.18. The number of hydrogen-bond donors (Lipinski definition) is 3. The minimum absolute atomic E-state index is 0.162. The van der Waals surface area contributed by atoms with E-state index in [0.717, 1.165) is 23.6 Å². The minimum atomic E-state index is 0.162. The molecule has 0 amide bonds.